The highest BCUT2D eigenvalue weighted by molar-refractivity contribution is 7.85. The van der Waals surface area contributed by atoms with Crippen LogP contribution in [0.4, 0.5) is 0 Å². The van der Waals surface area contributed by atoms with E-state index in [2.05, 4.69) is 5.32 Å². The van der Waals surface area contributed by atoms with Gasteiger partial charge >= 0.3 is 0 Å². The second-order valence-electron chi connectivity index (χ2n) is 5.22. The zero-order valence-corrected chi connectivity index (χ0v) is 12.4. The highest BCUT2D eigenvalue weighted by Gasteiger charge is 2.42. The van der Waals surface area contributed by atoms with E-state index < -0.39 is 10.8 Å². The van der Waals surface area contributed by atoms with Gasteiger partial charge in [0.25, 0.3) is 0 Å². The Kier molecular flexibility index (Phi) is 4.60. The van der Waals surface area contributed by atoms with Crippen molar-refractivity contribution in [3.05, 3.63) is 0 Å². The van der Waals surface area contributed by atoms with Crippen molar-refractivity contribution in [3.8, 4) is 0 Å². The van der Waals surface area contributed by atoms with Gasteiger partial charge in [-0.3, -0.25) is 13.8 Å². The third kappa shape index (κ3) is 2.83. The second kappa shape index (κ2) is 6.03. The standard InChI is InChI=1S/C13H22N2O3S/c1-3-10-13(17)15(11(4-2)12(16)14-10)9-5-7-19(18)8-6-9/h9-11H,3-8H2,1-2H3,(H,14,16). The minimum absolute atomic E-state index is 0.0339. The molecule has 19 heavy (non-hydrogen) atoms. The third-order valence-electron chi connectivity index (χ3n) is 4.05. The molecule has 0 aromatic rings. The molecular weight excluding hydrogens is 264 g/mol. The molecule has 2 fully saturated rings. The Morgan fingerprint density at radius 3 is 2.37 bits per heavy atom. The number of carbonyl (C=O) groups is 2. The fourth-order valence-corrected chi connectivity index (χ4v) is 4.22. The highest BCUT2D eigenvalue weighted by atomic mass is 32.2. The second-order valence-corrected chi connectivity index (χ2v) is 6.91. The first-order valence-electron chi connectivity index (χ1n) is 7.06. The minimum Gasteiger partial charge on any atom is -0.343 e. The van der Waals surface area contributed by atoms with Crippen LogP contribution in [-0.2, 0) is 20.4 Å². The van der Waals surface area contributed by atoms with Crippen molar-refractivity contribution in [2.24, 2.45) is 0 Å². The molecule has 0 bridgehead atoms. The van der Waals surface area contributed by atoms with Gasteiger partial charge in [-0.1, -0.05) is 13.8 Å². The highest BCUT2D eigenvalue weighted by Crippen LogP contribution is 2.24. The van der Waals surface area contributed by atoms with Crippen molar-refractivity contribution in [1.29, 1.82) is 0 Å². The molecule has 108 valence electrons. The number of nitrogens with zero attached hydrogens (tertiary/aromatic N) is 1. The summed E-state index contributed by atoms with van der Waals surface area (Å²) in [6, 6.07) is -0.662. The molecule has 2 unspecified atom stereocenters. The number of nitrogens with one attached hydrogen (secondary N) is 1. The first kappa shape index (κ1) is 14.5. The van der Waals surface area contributed by atoms with Crippen LogP contribution in [0.3, 0.4) is 0 Å². The predicted octanol–water partition coefficient (Wildman–Crippen LogP) is 0.413. The molecule has 0 radical (unpaired) electrons. The van der Waals surface area contributed by atoms with Crippen LogP contribution in [0.1, 0.15) is 39.5 Å². The molecule has 2 rings (SSSR count). The van der Waals surface area contributed by atoms with Crippen molar-refractivity contribution >= 4 is 22.6 Å². The molecule has 2 amide bonds. The molecule has 6 heteroatoms. The Bertz CT molecular complexity index is 389. The van der Waals surface area contributed by atoms with E-state index in [-0.39, 0.29) is 29.9 Å². The van der Waals surface area contributed by atoms with Crippen LogP contribution in [0.15, 0.2) is 0 Å². The largest absolute Gasteiger partial charge is 0.343 e. The van der Waals surface area contributed by atoms with E-state index in [1.807, 2.05) is 13.8 Å². The number of hydrogen-bond acceptors (Lipinski definition) is 3. The van der Waals surface area contributed by atoms with Gasteiger partial charge < -0.3 is 10.2 Å². The average molecular weight is 286 g/mol. The van der Waals surface area contributed by atoms with Crippen molar-refractivity contribution in [1.82, 2.24) is 10.2 Å². The summed E-state index contributed by atoms with van der Waals surface area (Å²) in [4.78, 5) is 26.4. The lowest BCUT2D eigenvalue weighted by molar-refractivity contribution is -0.152. The van der Waals surface area contributed by atoms with Crippen molar-refractivity contribution < 1.29 is 13.8 Å². The summed E-state index contributed by atoms with van der Waals surface area (Å²) in [6.45, 7) is 3.83. The van der Waals surface area contributed by atoms with Gasteiger partial charge in [0.05, 0.1) is 0 Å². The summed E-state index contributed by atoms with van der Waals surface area (Å²) >= 11 is 0. The number of piperazine rings is 1. The quantitative estimate of drug-likeness (QED) is 0.817. The molecule has 0 aromatic carbocycles. The summed E-state index contributed by atoms with van der Waals surface area (Å²) in [6.07, 6.45) is 2.75. The normalized spacial score (nSPS) is 36.2. The van der Waals surface area contributed by atoms with E-state index >= 15 is 0 Å². The van der Waals surface area contributed by atoms with Gasteiger partial charge in [0.2, 0.25) is 11.8 Å². The van der Waals surface area contributed by atoms with Crippen LogP contribution in [0.5, 0.6) is 0 Å². The lowest BCUT2D eigenvalue weighted by Crippen LogP contribution is -2.66. The fourth-order valence-electron chi connectivity index (χ4n) is 2.94. The van der Waals surface area contributed by atoms with Gasteiger partial charge in [0, 0.05) is 28.3 Å². The molecule has 2 atom stereocenters. The Balaban J connectivity index is 2.19. The molecule has 0 saturated carbocycles. The smallest absolute Gasteiger partial charge is 0.246 e. The zero-order chi connectivity index (χ0) is 14.0. The lowest BCUT2D eigenvalue weighted by atomic mass is 9.98. The molecule has 2 aliphatic heterocycles. The molecule has 2 saturated heterocycles. The molecule has 2 heterocycles. The van der Waals surface area contributed by atoms with Crippen molar-refractivity contribution in [2.75, 3.05) is 11.5 Å². The average Bonchev–Trinajstić information content (AvgIpc) is 2.41. The molecule has 1 N–H and O–H groups in total. The first-order valence-corrected chi connectivity index (χ1v) is 8.54. The van der Waals surface area contributed by atoms with Gasteiger partial charge in [-0.05, 0) is 25.7 Å². The first-order chi connectivity index (χ1) is 9.08. The number of carbonyl (C=O) groups excluding carboxylic acids is 2. The molecular formula is C13H22N2O3S. The van der Waals surface area contributed by atoms with Crippen LogP contribution in [0.25, 0.3) is 0 Å². The number of amides is 2. The van der Waals surface area contributed by atoms with Crippen LogP contribution in [-0.4, -0.2) is 50.6 Å². The van der Waals surface area contributed by atoms with Crippen LogP contribution in [0.2, 0.25) is 0 Å². The molecule has 0 spiro atoms. The maximum atomic E-state index is 12.5. The summed E-state index contributed by atoms with van der Waals surface area (Å²) in [5.41, 5.74) is 0. The summed E-state index contributed by atoms with van der Waals surface area (Å²) in [5, 5.41) is 2.80. The Morgan fingerprint density at radius 1 is 1.21 bits per heavy atom. The van der Waals surface area contributed by atoms with Gasteiger partial charge in [-0.2, -0.15) is 0 Å². The minimum atomic E-state index is -0.748. The molecule has 2 aliphatic rings. The van der Waals surface area contributed by atoms with E-state index in [4.69, 9.17) is 0 Å². The Morgan fingerprint density at radius 2 is 1.84 bits per heavy atom. The summed E-state index contributed by atoms with van der Waals surface area (Å²) < 4.78 is 11.4. The predicted molar refractivity (Wildman–Crippen MR) is 74.0 cm³/mol. The maximum Gasteiger partial charge on any atom is 0.246 e. The summed E-state index contributed by atoms with van der Waals surface area (Å²) in [7, 11) is -0.748. The van der Waals surface area contributed by atoms with Crippen LogP contribution >= 0.6 is 0 Å². The van der Waals surface area contributed by atoms with Crippen molar-refractivity contribution in [2.45, 2.75) is 57.7 Å². The number of hydrogen-bond donors (Lipinski definition) is 1. The molecule has 5 nitrogen and oxygen atoms in total. The topological polar surface area (TPSA) is 66.5 Å². The monoisotopic (exact) mass is 286 g/mol. The van der Waals surface area contributed by atoms with Gasteiger partial charge in [-0.25, -0.2) is 0 Å². The van der Waals surface area contributed by atoms with E-state index in [1.54, 1.807) is 4.90 Å². The number of rotatable bonds is 3. The SMILES string of the molecule is CCC1NC(=O)C(CC)N(C2CCS(=O)CC2)C1=O. The lowest BCUT2D eigenvalue weighted by Gasteiger charge is -2.44. The van der Waals surface area contributed by atoms with Gasteiger partial charge in [-0.15, -0.1) is 0 Å². The van der Waals surface area contributed by atoms with Crippen molar-refractivity contribution in [3.63, 3.8) is 0 Å². The van der Waals surface area contributed by atoms with E-state index in [9.17, 15) is 13.8 Å². The Labute approximate surface area is 116 Å². The summed E-state index contributed by atoms with van der Waals surface area (Å²) in [5.74, 6) is 1.28. The molecule has 0 aromatic heterocycles. The molecule has 0 aliphatic carbocycles. The zero-order valence-electron chi connectivity index (χ0n) is 11.6. The van der Waals surface area contributed by atoms with Gasteiger partial charge in [0.1, 0.15) is 12.1 Å². The van der Waals surface area contributed by atoms with E-state index in [0.717, 1.165) is 12.8 Å². The van der Waals surface area contributed by atoms with Gasteiger partial charge in [0.15, 0.2) is 0 Å². The maximum absolute atomic E-state index is 12.5. The fraction of sp³-hybridized carbons (Fsp3) is 0.846. The van der Waals surface area contributed by atoms with Crippen LogP contribution in [0, 0.1) is 0 Å². The van der Waals surface area contributed by atoms with E-state index in [0.29, 0.717) is 24.3 Å². The third-order valence-corrected chi connectivity index (χ3v) is 5.44. The van der Waals surface area contributed by atoms with Crippen LogP contribution < -0.4 is 5.32 Å². The van der Waals surface area contributed by atoms with E-state index in [1.165, 1.54) is 0 Å². The Hall–Kier alpha value is -0.910.